The number of fused-ring (bicyclic) bond motifs is 1. The van der Waals surface area contributed by atoms with E-state index in [1.54, 1.807) is 24.3 Å². The van der Waals surface area contributed by atoms with Gasteiger partial charge in [-0.3, -0.25) is 18.9 Å². The Hall–Kier alpha value is -3.12. The minimum absolute atomic E-state index is 0.0502. The molecule has 0 radical (unpaired) electrons. The van der Waals surface area contributed by atoms with Crippen LogP contribution in [-0.2, 0) is 13.8 Å². The fourth-order valence-corrected chi connectivity index (χ4v) is 4.08. The minimum atomic E-state index is -4.78. The highest BCUT2D eigenvalue weighted by Crippen LogP contribution is 2.38. The van der Waals surface area contributed by atoms with Gasteiger partial charge in [0, 0.05) is 12.6 Å². The van der Waals surface area contributed by atoms with Crippen LogP contribution in [0.2, 0.25) is 0 Å². The molecule has 0 saturated carbocycles. The standard InChI is InChI=1S/C20H19N2O10P/c23-15-7-17(32-16(15)9-31-33(28,29)30)22-8-14(18(24)21-20(22)27)11-5-4-10-2-1-3-12(19(25)26)13(10)6-11/h1-6,8,15-17,23H,7,9H2,(H,25,26)(H,21,24,27)(H2,28,29,30)/t15-,16+,17+/m0/s1. The van der Waals surface area contributed by atoms with Gasteiger partial charge in [0.1, 0.15) is 12.3 Å². The van der Waals surface area contributed by atoms with E-state index in [0.717, 1.165) is 4.57 Å². The first kappa shape index (κ1) is 23.1. The van der Waals surface area contributed by atoms with Crippen LogP contribution in [0, 0.1) is 0 Å². The largest absolute Gasteiger partial charge is 0.478 e. The number of carbonyl (C=O) groups is 1. The number of aromatic carboxylic acids is 1. The third kappa shape index (κ3) is 4.81. The molecule has 2 heterocycles. The number of aromatic nitrogens is 2. The normalized spacial score (nSPS) is 20.9. The van der Waals surface area contributed by atoms with Crippen molar-refractivity contribution in [3.63, 3.8) is 0 Å². The highest BCUT2D eigenvalue weighted by Gasteiger charge is 2.37. The number of phosphoric acid groups is 1. The number of ether oxygens (including phenoxy) is 1. The number of carboxylic acid groups (broad SMARTS) is 1. The average molecular weight is 478 g/mol. The first-order valence-corrected chi connectivity index (χ1v) is 11.2. The highest BCUT2D eigenvalue weighted by atomic mass is 31.2. The SMILES string of the molecule is O=C(O)c1cccc2ccc(-c3cn([C@H]4C[C@H](O)[C@@H](COP(=O)(O)O)O4)c(=O)[nH]c3=O)cc12. The van der Waals surface area contributed by atoms with Crippen LogP contribution in [0.1, 0.15) is 23.0 Å². The lowest BCUT2D eigenvalue weighted by Gasteiger charge is -2.17. The predicted octanol–water partition coefficient (Wildman–Crippen LogP) is 0.813. The second-order valence-corrected chi connectivity index (χ2v) is 8.71. The predicted molar refractivity (Wildman–Crippen MR) is 114 cm³/mol. The van der Waals surface area contributed by atoms with Crippen molar-refractivity contribution in [2.24, 2.45) is 0 Å². The van der Waals surface area contributed by atoms with Crippen LogP contribution in [0.3, 0.4) is 0 Å². The van der Waals surface area contributed by atoms with Crippen LogP contribution in [0.25, 0.3) is 21.9 Å². The summed E-state index contributed by atoms with van der Waals surface area (Å²) in [7, 11) is -4.78. The van der Waals surface area contributed by atoms with E-state index in [2.05, 4.69) is 9.51 Å². The number of hydrogen-bond acceptors (Lipinski definition) is 7. The van der Waals surface area contributed by atoms with Crippen molar-refractivity contribution < 1.29 is 38.6 Å². The van der Waals surface area contributed by atoms with Crippen LogP contribution in [0.5, 0.6) is 0 Å². The van der Waals surface area contributed by atoms with Gasteiger partial charge in [-0.1, -0.05) is 24.3 Å². The molecule has 0 bridgehead atoms. The zero-order valence-corrected chi connectivity index (χ0v) is 17.7. The van der Waals surface area contributed by atoms with Gasteiger partial charge in [-0.05, 0) is 28.5 Å². The highest BCUT2D eigenvalue weighted by molar-refractivity contribution is 7.46. The van der Waals surface area contributed by atoms with E-state index in [9.17, 15) is 29.2 Å². The van der Waals surface area contributed by atoms with E-state index in [1.165, 1.54) is 18.3 Å². The van der Waals surface area contributed by atoms with Crippen LogP contribution >= 0.6 is 7.82 Å². The summed E-state index contributed by atoms with van der Waals surface area (Å²) in [6.07, 6.45) is -2.19. The van der Waals surface area contributed by atoms with E-state index in [0.29, 0.717) is 16.3 Å². The Morgan fingerprint density at radius 1 is 1.24 bits per heavy atom. The van der Waals surface area contributed by atoms with Crippen molar-refractivity contribution in [3.05, 3.63) is 69.0 Å². The molecule has 13 heteroatoms. The molecule has 4 rings (SSSR count). The maximum Gasteiger partial charge on any atom is 0.469 e. The number of rotatable bonds is 6. The van der Waals surface area contributed by atoms with E-state index in [-0.39, 0.29) is 17.5 Å². The molecule has 174 valence electrons. The molecule has 1 aliphatic rings. The van der Waals surface area contributed by atoms with Gasteiger partial charge >= 0.3 is 19.5 Å². The summed E-state index contributed by atoms with van der Waals surface area (Å²) < 4.78 is 21.9. The molecule has 1 aliphatic heterocycles. The smallest absolute Gasteiger partial charge is 0.469 e. The Labute approximate surface area is 184 Å². The van der Waals surface area contributed by atoms with E-state index < -0.39 is 50.1 Å². The van der Waals surface area contributed by atoms with Gasteiger partial charge in [-0.2, -0.15) is 0 Å². The number of carboxylic acids is 1. The summed E-state index contributed by atoms with van der Waals surface area (Å²) in [4.78, 5) is 56.3. The topological polar surface area (TPSA) is 188 Å². The number of hydrogen-bond donors (Lipinski definition) is 5. The summed E-state index contributed by atoms with van der Waals surface area (Å²) in [6.45, 7) is -0.602. The molecular weight excluding hydrogens is 459 g/mol. The van der Waals surface area contributed by atoms with Gasteiger partial charge in [0.15, 0.2) is 0 Å². The van der Waals surface area contributed by atoms with Crippen molar-refractivity contribution in [3.8, 4) is 11.1 Å². The Kier molecular flexibility index (Phi) is 6.06. The maximum absolute atomic E-state index is 12.5. The lowest BCUT2D eigenvalue weighted by Crippen LogP contribution is -2.33. The van der Waals surface area contributed by atoms with Gasteiger partial charge in [0.05, 0.1) is 23.8 Å². The van der Waals surface area contributed by atoms with Crippen molar-refractivity contribution in [2.75, 3.05) is 6.61 Å². The molecule has 0 aliphatic carbocycles. The third-order valence-corrected chi connectivity index (χ3v) is 5.80. The molecule has 1 fully saturated rings. The Bertz CT molecular complexity index is 1390. The molecular formula is C20H19N2O10P. The molecule has 3 aromatic rings. The molecule has 3 atom stereocenters. The monoisotopic (exact) mass is 478 g/mol. The average Bonchev–Trinajstić information content (AvgIpc) is 3.11. The molecule has 5 N–H and O–H groups in total. The first-order chi connectivity index (χ1) is 15.5. The second-order valence-electron chi connectivity index (χ2n) is 7.47. The molecule has 0 amide bonds. The fourth-order valence-electron chi connectivity index (χ4n) is 3.74. The van der Waals surface area contributed by atoms with Gasteiger partial charge in [-0.25, -0.2) is 14.2 Å². The summed E-state index contributed by atoms with van der Waals surface area (Å²) in [5.41, 5.74) is -1.06. The number of nitrogens with zero attached hydrogens (tertiary/aromatic N) is 1. The summed E-state index contributed by atoms with van der Waals surface area (Å²) in [5, 5.41) is 20.7. The van der Waals surface area contributed by atoms with Gasteiger partial charge in [-0.15, -0.1) is 0 Å². The number of nitrogens with one attached hydrogen (secondary N) is 1. The fraction of sp³-hybridized carbons (Fsp3) is 0.250. The lowest BCUT2D eigenvalue weighted by atomic mass is 9.99. The van der Waals surface area contributed by atoms with E-state index in [1.807, 2.05) is 0 Å². The number of aliphatic hydroxyl groups is 1. The summed E-state index contributed by atoms with van der Waals surface area (Å²) in [6, 6.07) is 9.55. The maximum atomic E-state index is 12.5. The van der Waals surface area contributed by atoms with Gasteiger partial charge < -0.3 is 24.7 Å². The first-order valence-electron chi connectivity index (χ1n) is 9.69. The van der Waals surface area contributed by atoms with Crippen LogP contribution in [-0.4, -0.2) is 54.3 Å². The number of H-pyrrole nitrogens is 1. The Morgan fingerprint density at radius 2 is 2.00 bits per heavy atom. The van der Waals surface area contributed by atoms with Gasteiger partial charge in [0.2, 0.25) is 0 Å². The van der Waals surface area contributed by atoms with E-state index in [4.69, 9.17) is 14.5 Å². The molecule has 2 aromatic carbocycles. The molecule has 1 aromatic heterocycles. The number of benzene rings is 2. The van der Waals surface area contributed by atoms with Crippen LogP contribution in [0.15, 0.2) is 52.2 Å². The Morgan fingerprint density at radius 3 is 2.70 bits per heavy atom. The zero-order chi connectivity index (χ0) is 23.9. The summed E-state index contributed by atoms with van der Waals surface area (Å²) in [5.74, 6) is -1.13. The Balaban J connectivity index is 1.71. The molecule has 0 spiro atoms. The second kappa shape index (κ2) is 8.67. The zero-order valence-electron chi connectivity index (χ0n) is 16.8. The van der Waals surface area contributed by atoms with Crippen molar-refractivity contribution >= 4 is 24.6 Å². The van der Waals surface area contributed by atoms with Crippen molar-refractivity contribution in [1.29, 1.82) is 0 Å². The molecule has 12 nitrogen and oxygen atoms in total. The van der Waals surface area contributed by atoms with Gasteiger partial charge in [0.25, 0.3) is 5.56 Å². The minimum Gasteiger partial charge on any atom is -0.478 e. The quantitative estimate of drug-likeness (QED) is 0.317. The number of phosphoric ester groups is 1. The van der Waals surface area contributed by atoms with Crippen LogP contribution < -0.4 is 11.2 Å². The van der Waals surface area contributed by atoms with Crippen molar-refractivity contribution in [1.82, 2.24) is 9.55 Å². The summed E-state index contributed by atoms with van der Waals surface area (Å²) >= 11 is 0. The van der Waals surface area contributed by atoms with Crippen LogP contribution in [0.4, 0.5) is 0 Å². The number of aliphatic hydroxyl groups excluding tert-OH is 1. The molecule has 1 saturated heterocycles. The molecule has 33 heavy (non-hydrogen) atoms. The lowest BCUT2D eigenvalue weighted by molar-refractivity contribution is -0.0450. The molecule has 0 unspecified atom stereocenters. The van der Waals surface area contributed by atoms with E-state index >= 15 is 0 Å². The number of aromatic amines is 1. The third-order valence-electron chi connectivity index (χ3n) is 5.31. The van der Waals surface area contributed by atoms with Crippen molar-refractivity contribution in [2.45, 2.75) is 24.9 Å².